The lowest BCUT2D eigenvalue weighted by Crippen LogP contribution is -2.34. The van der Waals surface area contributed by atoms with Gasteiger partial charge in [-0.2, -0.15) is 5.10 Å². The molecule has 5 rings (SSSR count). The number of benzene rings is 2. The van der Waals surface area contributed by atoms with Gasteiger partial charge in [0.05, 0.1) is 23.4 Å². The van der Waals surface area contributed by atoms with E-state index in [1.807, 2.05) is 79.2 Å². The highest BCUT2D eigenvalue weighted by molar-refractivity contribution is 5.80. The molecule has 5 aromatic rings. The Bertz CT molecular complexity index is 1520. The van der Waals surface area contributed by atoms with E-state index < -0.39 is 5.41 Å². The van der Waals surface area contributed by atoms with E-state index in [4.69, 9.17) is 14.8 Å². The lowest BCUT2D eigenvalue weighted by atomic mass is 9.81. The number of halogens is 1. The minimum Gasteiger partial charge on any atom is -0.487 e. The smallest absolute Gasteiger partial charge is 0.130 e. The molecular formula is C32H33FN4O. The van der Waals surface area contributed by atoms with Crippen molar-refractivity contribution in [2.24, 2.45) is 5.41 Å². The van der Waals surface area contributed by atoms with Gasteiger partial charge in [-0.25, -0.2) is 4.98 Å². The van der Waals surface area contributed by atoms with Crippen LogP contribution in [0.3, 0.4) is 0 Å². The molecule has 0 N–H and O–H groups in total. The van der Waals surface area contributed by atoms with E-state index in [2.05, 4.69) is 37.2 Å². The average molecular weight is 509 g/mol. The van der Waals surface area contributed by atoms with Crippen LogP contribution in [-0.4, -0.2) is 26.4 Å². The third kappa shape index (κ3) is 5.59. The van der Waals surface area contributed by atoms with Gasteiger partial charge in [0.2, 0.25) is 0 Å². The SMILES string of the molecule is CC(C)(CF)CC(C)(C)n1cc(-c2ccncc2)c(-c2ccc(OCc3ccc4ccccc4n3)cc2)n1. The van der Waals surface area contributed by atoms with Gasteiger partial charge >= 0.3 is 0 Å². The van der Waals surface area contributed by atoms with E-state index in [0.717, 1.165) is 44.7 Å². The third-order valence-electron chi connectivity index (χ3n) is 6.77. The van der Waals surface area contributed by atoms with Crippen molar-refractivity contribution >= 4 is 10.9 Å². The molecule has 0 saturated carbocycles. The molecule has 5 nitrogen and oxygen atoms in total. The second-order valence-corrected chi connectivity index (χ2v) is 11.2. The number of rotatable bonds is 9. The molecule has 2 aromatic carbocycles. The Morgan fingerprint density at radius 3 is 2.32 bits per heavy atom. The van der Waals surface area contributed by atoms with Crippen LogP contribution in [0.1, 0.15) is 39.8 Å². The molecule has 0 fully saturated rings. The van der Waals surface area contributed by atoms with Crippen LogP contribution in [0, 0.1) is 5.41 Å². The summed E-state index contributed by atoms with van der Waals surface area (Å²) < 4.78 is 21.7. The zero-order valence-corrected chi connectivity index (χ0v) is 22.4. The summed E-state index contributed by atoms with van der Waals surface area (Å²) in [4.78, 5) is 8.86. The van der Waals surface area contributed by atoms with Gasteiger partial charge in [-0.05, 0) is 79.8 Å². The average Bonchev–Trinajstić information content (AvgIpc) is 3.39. The quantitative estimate of drug-likeness (QED) is 0.203. The molecule has 0 bridgehead atoms. The molecule has 0 spiro atoms. The van der Waals surface area contributed by atoms with Crippen LogP contribution in [0.2, 0.25) is 0 Å². The number of alkyl halides is 1. The lowest BCUT2D eigenvalue weighted by molar-refractivity contribution is 0.148. The van der Waals surface area contributed by atoms with Crippen molar-refractivity contribution in [3.8, 4) is 28.1 Å². The molecule has 6 heteroatoms. The Labute approximate surface area is 223 Å². The Hall–Kier alpha value is -4.06. The Kier molecular flexibility index (Phi) is 6.98. The molecule has 194 valence electrons. The first-order valence-corrected chi connectivity index (χ1v) is 12.9. The Morgan fingerprint density at radius 2 is 1.58 bits per heavy atom. The van der Waals surface area contributed by atoms with Gasteiger partial charge in [0, 0.05) is 35.1 Å². The van der Waals surface area contributed by atoms with E-state index in [0.29, 0.717) is 13.0 Å². The summed E-state index contributed by atoms with van der Waals surface area (Å²) in [5.41, 5.74) is 4.91. The molecule has 0 radical (unpaired) electrons. The minimum absolute atomic E-state index is 0.370. The van der Waals surface area contributed by atoms with Crippen molar-refractivity contribution in [3.05, 3.63) is 97.1 Å². The lowest BCUT2D eigenvalue weighted by Gasteiger charge is -2.33. The van der Waals surface area contributed by atoms with E-state index in [1.54, 1.807) is 12.4 Å². The number of ether oxygens (including phenoxy) is 1. The molecule has 0 atom stereocenters. The molecule has 0 aliphatic carbocycles. The second kappa shape index (κ2) is 10.4. The van der Waals surface area contributed by atoms with Crippen molar-refractivity contribution in [3.63, 3.8) is 0 Å². The molecule has 3 heterocycles. The second-order valence-electron chi connectivity index (χ2n) is 11.2. The molecule has 3 aromatic heterocycles. The van der Waals surface area contributed by atoms with Crippen LogP contribution in [0.15, 0.2) is 91.4 Å². The van der Waals surface area contributed by atoms with Gasteiger partial charge < -0.3 is 4.74 Å². The normalized spacial score (nSPS) is 12.1. The Balaban J connectivity index is 1.41. The summed E-state index contributed by atoms with van der Waals surface area (Å²) in [6.07, 6.45) is 6.29. The maximum absolute atomic E-state index is 13.7. The minimum atomic E-state index is -0.439. The van der Waals surface area contributed by atoms with Crippen LogP contribution in [0.4, 0.5) is 4.39 Å². The number of hydrogen-bond donors (Lipinski definition) is 0. The van der Waals surface area contributed by atoms with E-state index >= 15 is 0 Å². The van der Waals surface area contributed by atoms with Gasteiger partial charge in [0.25, 0.3) is 0 Å². The molecular weight excluding hydrogens is 475 g/mol. The van der Waals surface area contributed by atoms with Crippen LogP contribution < -0.4 is 4.74 Å². The fourth-order valence-corrected chi connectivity index (χ4v) is 4.99. The molecule has 0 amide bonds. The number of fused-ring (bicyclic) bond motifs is 1. The van der Waals surface area contributed by atoms with Gasteiger partial charge in [-0.15, -0.1) is 0 Å². The van der Waals surface area contributed by atoms with Crippen molar-refractivity contribution in [2.75, 3.05) is 6.67 Å². The molecule has 0 unspecified atom stereocenters. The Morgan fingerprint density at radius 1 is 0.842 bits per heavy atom. The fourth-order valence-electron chi connectivity index (χ4n) is 4.99. The van der Waals surface area contributed by atoms with Crippen LogP contribution in [0.25, 0.3) is 33.3 Å². The van der Waals surface area contributed by atoms with Crippen LogP contribution in [-0.2, 0) is 12.1 Å². The van der Waals surface area contributed by atoms with Crippen molar-refractivity contribution in [2.45, 2.75) is 46.3 Å². The van der Waals surface area contributed by atoms with Crippen molar-refractivity contribution in [1.29, 1.82) is 0 Å². The van der Waals surface area contributed by atoms with Crippen molar-refractivity contribution < 1.29 is 9.13 Å². The van der Waals surface area contributed by atoms with Gasteiger partial charge in [-0.1, -0.05) is 38.1 Å². The van der Waals surface area contributed by atoms with Crippen LogP contribution >= 0.6 is 0 Å². The zero-order valence-electron chi connectivity index (χ0n) is 22.4. The standard InChI is InChI=1S/C32H33FN4O/c1-31(2,22-33)21-32(3,4)37-19-28(23-15-17-34-18-16-23)30(36-37)25-10-13-27(14-11-25)38-20-26-12-9-24-7-5-6-8-29(24)35-26/h5-19H,20-22H2,1-4H3. The van der Waals surface area contributed by atoms with Gasteiger partial charge in [0.1, 0.15) is 18.1 Å². The monoisotopic (exact) mass is 508 g/mol. The fraction of sp³-hybridized carbons (Fsp3) is 0.281. The summed E-state index contributed by atoms with van der Waals surface area (Å²) in [6, 6.07) is 24.1. The molecule has 0 aliphatic heterocycles. The number of aromatic nitrogens is 4. The van der Waals surface area contributed by atoms with Crippen LogP contribution in [0.5, 0.6) is 5.75 Å². The molecule has 0 aliphatic rings. The van der Waals surface area contributed by atoms with Gasteiger partial charge in [0.15, 0.2) is 0 Å². The third-order valence-corrected chi connectivity index (χ3v) is 6.77. The number of hydrogen-bond acceptors (Lipinski definition) is 4. The topological polar surface area (TPSA) is 52.8 Å². The van der Waals surface area contributed by atoms with E-state index in [1.165, 1.54) is 0 Å². The highest BCUT2D eigenvalue weighted by Crippen LogP contribution is 2.37. The molecule has 38 heavy (non-hydrogen) atoms. The number of pyridine rings is 2. The zero-order chi connectivity index (χ0) is 26.8. The largest absolute Gasteiger partial charge is 0.487 e. The number of nitrogens with zero attached hydrogens (tertiary/aromatic N) is 4. The first-order chi connectivity index (χ1) is 18.2. The highest BCUT2D eigenvalue weighted by Gasteiger charge is 2.32. The maximum Gasteiger partial charge on any atom is 0.130 e. The summed E-state index contributed by atoms with van der Waals surface area (Å²) in [7, 11) is 0. The van der Waals surface area contributed by atoms with E-state index in [-0.39, 0.29) is 12.2 Å². The predicted molar refractivity (Wildman–Crippen MR) is 151 cm³/mol. The summed E-state index contributed by atoms with van der Waals surface area (Å²) >= 11 is 0. The number of para-hydroxylation sites is 1. The first kappa shape index (κ1) is 25.6. The predicted octanol–water partition coefficient (Wildman–Crippen LogP) is 7.86. The highest BCUT2D eigenvalue weighted by atomic mass is 19.1. The maximum atomic E-state index is 13.7. The van der Waals surface area contributed by atoms with Gasteiger partial charge in [-0.3, -0.25) is 14.1 Å². The summed E-state index contributed by atoms with van der Waals surface area (Å²) in [6.45, 7) is 8.13. The van der Waals surface area contributed by atoms with Crippen molar-refractivity contribution in [1.82, 2.24) is 19.7 Å². The van der Waals surface area contributed by atoms with E-state index in [9.17, 15) is 4.39 Å². The molecule has 0 saturated heterocycles. The summed E-state index contributed by atoms with van der Waals surface area (Å²) in [5.74, 6) is 0.763. The summed E-state index contributed by atoms with van der Waals surface area (Å²) in [5, 5.41) is 6.13. The first-order valence-electron chi connectivity index (χ1n) is 12.9.